The van der Waals surface area contributed by atoms with Gasteiger partial charge in [0, 0.05) is 15.7 Å². The van der Waals surface area contributed by atoms with E-state index < -0.39 is 5.97 Å². The number of anilines is 1. The molecular formula is C14H19BrN2O3. The maximum Gasteiger partial charge on any atom is 0.338 e. The van der Waals surface area contributed by atoms with E-state index in [1.807, 2.05) is 20.8 Å². The van der Waals surface area contributed by atoms with E-state index in [0.717, 1.165) is 6.42 Å². The third-order valence-corrected chi connectivity index (χ3v) is 3.65. The van der Waals surface area contributed by atoms with Crippen molar-refractivity contribution in [3.8, 4) is 0 Å². The molecule has 6 heteroatoms. The van der Waals surface area contributed by atoms with Crippen LogP contribution in [0.15, 0.2) is 22.7 Å². The van der Waals surface area contributed by atoms with Crippen molar-refractivity contribution in [1.82, 2.24) is 5.32 Å². The molecule has 0 radical (unpaired) electrons. The van der Waals surface area contributed by atoms with E-state index >= 15 is 0 Å². The summed E-state index contributed by atoms with van der Waals surface area (Å²) >= 11 is 3.24. The summed E-state index contributed by atoms with van der Waals surface area (Å²) in [7, 11) is 0. The largest absolute Gasteiger partial charge is 0.452 e. The van der Waals surface area contributed by atoms with Gasteiger partial charge in [0.15, 0.2) is 6.61 Å². The van der Waals surface area contributed by atoms with Gasteiger partial charge in [0.05, 0.1) is 5.56 Å². The molecule has 0 fully saturated rings. The Morgan fingerprint density at radius 3 is 2.60 bits per heavy atom. The quantitative estimate of drug-likeness (QED) is 0.636. The molecule has 110 valence electrons. The fourth-order valence-electron chi connectivity index (χ4n) is 1.39. The number of nitrogen functional groups attached to an aromatic ring is 1. The van der Waals surface area contributed by atoms with E-state index in [9.17, 15) is 9.59 Å². The minimum atomic E-state index is -0.575. The van der Waals surface area contributed by atoms with Gasteiger partial charge in [0.25, 0.3) is 5.91 Å². The molecule has 0 atom stereocenters. The van der Waals surface area contributed by atoms with Crippen LogP contribution < -0.4 is 11.1 Å². The molecule has 0 saturated carbocycles. The molecule has 0 unspecified atom stereocenters. The van der Waals surface area contributed by atoms with Crippen molar-refractivity contribution in [3.05, 3.63) is 28.2 Å². The molecule has 0 spiro atoms. The Kier molecular flexibility index (Phi) is 5.56. The highest BCUT2D eigenvalue weighted by molar-refractivity contribution is 9.10. The van der Waals surface area contributed by atoms with Crippen LogP contribution >= 0.6 is 15.9 Å². The van der Waals surface area contributed by atoms with E-state index in [0.29, 0.717) is 15.7 Å². The molecule has 1 aromatic carbocycles. The summed E-state index contributed by atoms with van der Waals surface area (Å²) in [6.07, 6.45) is 0.788. The molecular weight excluding hydrogens is 324 g/mol. The van der Waals surface area contributed by atoms with Crippen LogP contribution in [0.3, 0.4) is 0 Å². The molecule has 1 rings (SSSR count). The predicted octanol–water partition coefficient (Wildman–Crippen LogP) is 2.49. The van der Waals surface area contributed by atoms with Crippen molar-refractivity contribution in [2.45, 2.75) is 32.7 Å². The lowest BCUT2D eigenvalue weighted by atomic mass is 10.0. The molecule has 3 N–H and O–H groups in total. The van der Waals surface area contributed by atoms with Gasteiger partial charge in [-0.2, -0.15) is 0 Å². The molecule has 0 aromatic heterocycles. The van der Waals surface area contributed by atoms with Crippen LogP contribution in [0.25, 0.3) is 0 Å². The highest BCUT2D eigenvalue weighted by Crippen LogP contribution is 2.20. The van der Waals surface area contributed by atoms with Gasteiger partial charge in [-0.3, -0.25) is 4.79 Å². The summed E-state index contributed by atoms with van der Waals surface area (Å²) < 4.78 is 5.66. The fraction of sp³-hybridized carbons (Fsp3) is 0.429. The second kappa shape index (κ2) is 6.74. The van der Waals surface area contributed by atoms with Gasteiger partial charge in [0.2, 0.25) is 0 Å². The van der Waals surface area contributed by atoms with Crippen molar-refractivity contribution in [2.24, 2.45) is 0 Å². The summed E-state index contributed by atoms with van der Waals surface area (Å²) in [4.78, 5) is 23.4. The zero-order chi connectivity index (χ0) is 15.3. The molecule has 0 heterocycles. The second-order valence-corrected chi connectivity index (χ2v) is 5.95. The van der Waals surface area contributed by atoms with E-state index in [1.165, 1.54) is 6.07 Å². The number of hydrogen-bond donors (Lipinski definition) is 2. The molecule has 1 aromatic rings. The van der Waals surface area contributed by atoms with Crippen LogP contribution in [0.4, 0.5) is 5.69 Å². The van der Waals surface area contributed by atoms with Crippen molar-refractivity contribution in [3.63, 3.8) is 0 Å². The number of nitrogens with two attached hydrogens (primary N) is 1. The van der Waals surface area contributed by atoms with Gasteiger partial charge in [-0.1, -0.05) is 6.92 Å². The fourth-order valence-corrected chi connectivity index (χ4v) is 1.63. The van der Waals surface area contributed by atoms with E-state index in [4.69, 9.17) is 10.5 Å². The molecule has 1 amide bonds. The SMILES string of the molecule is CCC(C)(C)NC(=O)COC(=O)c1ccc(Br)c(N)c1. The average molecular weight is 343 g/mol. The molecule has 0 aliphatic carbocycles. The van der Waals surface area contributed by atoms with Gasteiger partial charge in [-0.25, -0.2) is 4.79 Å². The number of benzene rings is 1. The third kappa shape index (κ3) is 4.85. The zero-order valence-electron chi connectivity index (χ0n) is 11.8. The van der Waals surface area contributed by atoms with Gasteiger partial charge in [0.1, 0.15) is 0 Å². The Labute approximate surface area is 127 Å². The van der Waals surface area contributed by atoms with Gasteiger partial charge in [-0.05, 0) is 54.4 Å². The minimum Gasteiger partial charge on any atom is -0.452 e. The summed E-state index contributed by atoms with van der Waals surface area (Å²) in [6.45, 7) is 5.47. The zero-order valence-corrected chi connectivity index (χ0v) is 13.4. The van der Waals surface area contributed by atoms with Gasteiger partial charge < -0.3 is 15.8 Å². The smallest absolute Gasteiger partial charge is 0.338 e. The standard InChI is InChI=1S/C14H19BrN2O3/c1-4-14(2,3)17-12(18)8-20-13(19)9-5-6-10(15)11(16)7-9/h5-7H,4,8,16H2,1-3H3,(H,17,18). The van der Waals surface area contributed by atoms with Crippen LogP contribution in [-0.2, 0) is 9.53 Å². The molecule has 0 aliphatic heterocycles. The average Bonchev–Trinajstić information content (AvgIpc) is 2.38. The van der Waals surface area contributed by atoms with E-state index in [1.54, 1.807) is 12.1 Å². The Morgan fingerprint density at radius 1 is 1.40 bits per heavy atom. The number of esters is 1. The summed E-state index contributed by atoms with van der Waals surface area (Å²) in [6, 6.07) is 4.74. The monoisotopic (exact) mass is 342 g/mol. The first-order valence-electron chi connectivity index (χ1n) is 6.28. The summed E-state index contributed by atoms with van der Waals surface area (Å²) in [5.41, 5.74) is 6.12. The predicted molar refractivity (Wildman–Crippen MR) is 81.3 cm³/mol. The number of carbonyl (C=O) groups is 2. The first-order valence-corrected chi connectivity index (χ1v) is 7.07. The number of amides is 1. The molecule has 20 heavy (non-hydrogen) atoms. The number of hydrogen-bond acceptors (Lipinski definition) is 4. The normalized spacial score (nSPS) is 11.0. The van der Waals surface area contributed by atoms with Crippen molar-refractivity contribution in [1.29, 1.82) is 0 Å². The number of rotatable bonds is 5. The lowest BCUT2D eigenvalue weighted by Crippen LogP contribution is -2.44. The third-order valence-electron chi connectivity index (χ3n) is 2.93. The molecule has 0 saturated heterocycles. The molecule has 0 aliphatic rings. The van der Waals surface area contributed by atoms with Gasteiger partial charge in [-0.15, -0.1) is 0 Å². The number of carbonyl (C=O) groups excluding carboxylic acids is 2. The Balaban J connectivity index is 2.55. The number of ether oxygens (including phenoxy) is 1. The molecule has 0 bridgehead atoms. The van der Waals surface area contributed by atoms with E-state index in [2.05, 4.69) is 21.2 Å². The van der Waals surface area contributed by atoms with Crippen molar-refractivity contribution < 1.29 is 14.3 Å². The lowest BCUT2D eigenvalue weighted by Gasteiger charge is -2.24. The van der Waals surface area contributed by atoms with Crippen LogP contribution in [-0.4, -0.2) is 24.0 Å². The van der Waals surface area contributed by atoms with Crippen LogP contribution in [0.5, 0.6) is 0 Å². The maximum atomic E-state index is 11.8. The van der Waals surface area contributed by atoms with E-state index in [-0.39, 0.29) is 18.1 Å². The van der Waals surface area contributed by atoms with Crippen molar-refractivity contribution >= 4 is 33.5 Å². The Morgan fingerprint density at radius 2 is 2.05 bits per heavy atom. The lowest BCUT2D eigenvalue weighted by molar-refractivity contribution is -0.125. The number of nitrogens with one attached hydrogen (secondary N) is 1. The second-order valence-electron chi connectivity index (χ2n) is 5.10. The highest BCUT2D eigenvalue weighted by Gasteiger charge is 2.19. The van der Waals surface area contributed by atoms with Crippen LogP contribution in [0, 0.1) is 0 Å². The van der Waals surface area contributed by atoms with Crippen molar-refractivity contribution in [2.75, 3.05) is 12.3 Å². The first kappa shape index (κ1) is 16.5. The Bertz CT molecular complexity index is 515. The maximum absolute atomic E-state index is 11.8. The van der Waals surface area contributed by atoms with Gasteiger partial charge >= 0.3 is 5.97 Å². The topological polar surface area (TPSA) is 81.4 Å². The number of halogens is 1. The summed E-state index contributed by atoms with van der Waals surface area (Å²) in [5.74, 6) is -0.899. The van der Waals surface area contributed by atoms with Crippen LogP contribution in [0.2, 0.25) is 0 Å². The highest BCUT2D eigenvalue weighted by atomic mass is 79.9. The minimum absolute atomic E-state index is 0.307. The Hall–Kier alpha value is -1.56. The first-order chi connectivity index (χ1) is 9.25. The van der Waals surface area contributed by atoms with Crippen LogP contribution in [0.1, 0.15) is 37.6 Å². The molecule has 5 nitrogen and oxygen atoms in total. The summed E-state index contributed by atoms with van der Waals surface area (Å²) in [5, 5.41) is 2.78.